The summed E-state index contributed by atoms with van der Waals surface area (Å²) < 4.78 is 27.7. The molecule has 0 aromatic heterocycles. The zero-order valence-corrected chi connectivity index (χ0v) is 11.7. The van der Waals surface area contributed by atoms with E-state index in [1.54, 1.807) is 30.3 Å². The highest BCUT2D eigenvalue weighted by Crippen LogP contribution is 2.27. The number of carboxylic acids is 1. The minimum absolute atomic E-state index is 0.240. The third kappa shape index (κ3) is 3.14. The van der Waals surface area contributed by atoms with Crippen LogP contribution in [0.3, 0.4) is 0 Å². The molecule has 0 spiro atoms. The molecule has 104 valence electrons. The van der Waals surface area contributed by atoms with Crippen LogP contribution in [0, 0.1) is 11.6 Å². The molecule has 2 N–H and O–H groups in total. The van der Waals surface area contributed by atoms with E-state index < -0.39 is 29.3 Å². The first kappa shape index (κ1) is 14.5. The molecule has 1 atom stereocenters. The number of carbonyl (C=O) groups is 1. The van der Waals surface area contributed by atoms with Gasteiger partial charge in [-0.2, -0.15) is 0 Å². The molecule has 0 aliphatic rings. The topological polar surface area (TPSA) is 49.3 Å². The van der Waals surface area contributed by atoms with Crippen LogP contribution in [0.2, 0.25) is 0 Å². The van der Waals surface area contributed by atoms with E-state index in [0.717, 1.165) is 12.1 Å². The quantitative estimate of drug-likeness (QED) is 0.884. The third-order valence-electron chi connectivity index (χ3n) is 2.68. The average molecular weight is 342 g/mol. The number of benzene rings is 2. The Kier molecular flexibility index (Phi) is 4.34. The van der Waals surface area contributed by atoms with Gasteiger partial charge in [0.25, 0.3) is 0 Å². The molecule has 2 aromatic rings. The van der Waals surface area contributed by atoms with Crippen LogP contribution in [-0.4, -0.2) is 11.1 Å². The summed E-state index contributed by atoms with van der Waals surface area (Å²) in [5.41, 5.74) is -0.0637. The SMILES string of the molecule is O=C(O)C(Nc1c(F)cc(Br)cc1F)c1ccccc1. The van der Waals surface area contributed by atoms with Gasteiger partial charge in [0.15, 0.2) is 6.04 Å². The van der Waals surface area contributed by atoms with Gasteiger partial charge in [0.2, 0.25) is 0 Å². The first-order chi connectivity index (χ1) is 9.49. The molecule has 1 unspecified atom stereocenters. The number of carboxylic acid groups (broad SMARTS) is 1. The molecule has 6 heteroatoms. The fraction of sp³-hybridized carbons (Fsp3) is 0.0714. The summed E-state index contributed by atoms with van der Waals surface area (Å²) in [5, 5.41) is 11.6. The Hall–Kier alpha value is -1.95. The summed E-state index contributed by atoms with van der Waals surface area (Å²) in [7, 11) is 0. The summed E-state index contributed by atoms with van der Waals surface area (Å²) >= 11 is 2.96. The van der Waals surface area contributed by atoms with Gasteiger partial charge in [-0.3, -0.25) is 0 Å². The first-order valence-corrected chi connectivity index (χ1v) is 6.47. The first-order valence-electron chi connectivity index (χ1n) is 5.68. The fourth-order valence-electron chi connectivity index (χ4n) is 1.76. The van der Waals surface area contributed by atoms with Crippen molar-refractivity contribution in [1.29, 1.82) is 0 Å². The van der Waals surface area contributed by atoms with Gasteiger partial charge in [-0.1, -0.05) is 46.3 Å². The molecular formula is C14H10BrF2NO2. The number of hydrogen-bond donors (Lipinski definition) is 2. The maximum absolute atomic E-state index is 13.7. The van der Waals surface area contributed by atoms with E-state index in [0.29, 0.717) is 5.56 Å². The zero-order chi connectivity index (χ0) is 14.7. The van der Waals surface area contributed by atoms with E-state index in [-0.39, 0.29) is 4.47 Å². The molecule has 0 heterocycles. The largest absolute Gasteiger partial charge is 0.479 e. The van der Waals surface area contributed by atoms with Crippen LogP contribution in [0.5, 0.6) is 0 Å². The fourth-order valence-corrected chi connectivity index (χ4v) is 2.16. The molecule has 2 aromatic carbocycles. The van der Waals surface area contributed by atoms with Gasteiger partial charge in [-0.15, -0.1) is 0 Å². The predicted octanol–water partition coefficient (Wildman–Crippen LogP) is 3.97. The molecule has 0 radical (unpaired) electrons. The Morgan fingerprint density at radius 2 is 1.70 bits per heavy atom. The lowest BCUT2D eigenvalue weighted by Gasteiger charge is -2.17. The molecule has 0 bridgehead atoms. The average Bonchev–Trinajstić information content (AvgIpc) is 2.38. The van der Waals surface area contributed by atoms with Crippen LogP contribution >= 0.6 is 15.9 Å². The van der Waals surface area contributed by atoms with Crippen molar-refractivity contribution in [3.8, 4) is 0 Å². The van der Waals surface area contributed by atoms with Crippen LogP contribution in [0.1, 0.15) is 11.6 Å². The van der Waals surface area contributed by atoms with Gasteiger partial charge in [-0.05, 0) is 17.7 Å². The third-order valence-corrected chi connectivity index (χ3v) is 3.13. The number of anilines is 1. The lowest BCUT2D eigenvalue weighted by molar-refractivity contribution is -0.138. The smallest absolute Gasteiger partial charge is 0.330 e. The lowest BCUT2D eigenvalue weighted by atomic mass is 10.1. The van der Waals surface area contributed by atoms with Crippen LogP contribution in [0.4, 0.5) is 14.5 Å². The maximum atomic E-state index is 13.7. The molecule has 20 heavy (non-hydrogen) atoms. The van der Waals surface area contributed by atoms with E-state index in [2.05, 4.69) is 21.2 Å². The van der Waals surface area contributed by atoms with E-state index in [4.69, 9.17) is 0 Å². The molecule has 0 fully saturated rings. The minimum atomic E-state index is -1.23. The summed E-state index contributed by atoms with van der Waals surface area (Å²) in [6, 6.07) is 9.07. The molecule has 0 saturated heterocycles. The van der Waals surface area contributed by atoms with Crippen molar-refractivity contribution < 1.29 is 18.7 Å². The van der Waals surface area contributed by atoms with Crippen LogP contribution in [0.25, 0.3) is 0 Å². The normalized spacial score (nSPS) is 11.9. The number of nitrogens with one attached hydrogen (secondary N) is 1. The number of hydrogen-bond acceptors (Lipinski definition) is 2. The minimum Gasteiger partial charge on any atom is -0.479 e. The Morgan fingerprint density at radius 3 is 2.20 bits per heavy atom. The number of halogens is 3. The molecule has 2 rings (SSSR count). The summed E-state index contributed by atoms with van der Waals surface area (Å²) in [6.07, 6.45) is 0. The summed E-state index contributed by atoms with van der Waals surface area (Å²) in [4.78, 5) is 11.3. The van der Waals surface area contributed by atoms with Crippen molar-refractivity contribution >= 4 is 27.6 Å². The van der Waals surface area contributed by atoms with Crippen molar-refractivity contribution in [3.05, 3.63) is 64.1 Å². The predicted molar refractivity (Wildman–Crippen MR) is 74.5 cm³/mol. The van der Waals surface area contributed by atoms with Gasteiger partial charge in [0.05, 0.1) is 0 Å². The van der Waals surface area contributed by atoms with Crippen molar-refractivity contribution in [2.45, 2.75) is 6.04 Å². The van der Waals surface area contributed by atoms with Gasteiger partial charge >= 0.3 is 5.97 Å². The highest BCUT2D eigenvalue weighted by molar-refractivity contribution is 9.10. The lowest BCUT2D eigenvalue weighted by Crippen LogP contribution is -2.21. The van der Waals surface area contributed by atoms with Gasteiger partial charge in [0, 0.05) is 4.47 Å². The Balaban J connectivity index is 2.38. The van der Waals surface area contributed by atoms with Crippen molar-refractivity contribution in [1.82, 2.24) is 0 Å². The number of aliphatic carboxylic acids is 1. The maximum Gasteiger partial charge on any atom is 0.330 e. The molecule has 0 saturated carbocycles. The highest BCUT2D eigenvalue weighted by atomic mass is 79.9. The second kappa shape index (κ2) is 6.00. The molecule has 0 aliphatic carbocycles. The number of rotatable bonds is 4. The van der Waals surface area contributed by atoms with Gasteiger partial charge in [0.1, 0.15) is 17.3 Å². The Labute approximate surface area is 122 Å². The van der Waals surface area contributed by atoms with E-state index in [9.17, 15) is 18.7 Å². The molecule has 3 nitrogen and oxygen atoms in total. The van der Waals surface area contributed by atoms with Gasteiger partial charge < -0.3 is 10.4 Å². The van der Waals surface area contributed by atoms with Crippen molar-refractivity contribution in [2.75, 3.05) is 5.32 Å². The van der Waals surface area contributed by atoms with Crippen LogP contribution < -0.4 is 5.32 Å². The van der Waals surface area contributed by atoms with Crippen molar-refractivity contribution in [3.63, 3.8) is 0 Å². The second-order valence-electron chi connectivity index (χ2n) is 4.07. The van der Waals surface area contributed by atoms with E-state index >= 15 is 0 Å². The van der Waals surface area contributed by atoms with Crippen LogP contribution in [-0.2, 0) is 4.79 Å². The molecular weight excluding hydrogens is 332 g/mol. The summed E-state index contributed by atoms with van der Waals surface area (Å²) in [6.45, 7) is 0. The Bertz CT molecular complexity index is 611. The zero-order valence-electron chi connectivity index (χ0n) is 10.1. The highest BCUT2D eigenvalue weighted by Gasteiger charge is 2.22. The van der Waals surface area contributed by atoms with Crippen molar-refractivity contribution in [2.24, 2.45) is 0 Å². The second-order valence-corrected chi connectivity index (χ2v) is 4.99. The standard InChI is InChI=1S/C14H10BrF2NO2/c15-9-6-10(16)13(11(17)7-9)18-12(14(19)20)8-4-2-1-3-5-8/h1-7,12,18H,(H,19,20). The molecule has 0 amide bonds. The Morgan fingerprint density at radius 1 is 1.15 bits per heavy atom. The monoisotopic (exact) mass is 341 g/mol. The van der Waals surface area contributed by atoms with E-state index in [1.807, 2.05) is 0 Å². The molecule has 0 aliphatic heterocycles. The van der Waals surface area contributed by atoms with E-state index in [1.165, 1.54) is 0 Å². The summed E-state index contributed by atoms with van der Waals surface area (Å²) in [5.74, 6) is -2.95. The van der Waals surface area contributed by atoms with Gasteiger partial charge in [-0.25, -0.2) is 13.6 Å². The van der Waals surface area contributed by atoms with Crippen LogP contribution in [0.15, 0.2) is 46.9 Å².